The maximum Gasteiger partial charge on any atom is 0.312 e. The minimum Gasteiger partial charge on any atom is -0.493 e. The van der Waals surface area contributed by atoms with E-state index in [-0.39, 0.29) is 25.1 Å². The monoisotopic (exact) mass is 358 g/mol. The van der Waals surface area contributed by atoms with Crippen molar-refractivity contribution >= 4 is 5.97 Å². The van der Waals surface area contributed by atoms with Gasteiger partial charge >= 0.3 is 5.97 Å². The van der Waals surface area contributed by atoms with Crippen molar-refractivity contribution in [2.45, 2.75) is 12.3 Å². The number of fused-ring (bicyclic) bond motifs is 2. The van der Waals surface area contributed by atoms with E-state index in [2.05, 4.69) is 0 Å². The van der Waals surface area contributed by atoms with Crippen LogP contribution in [0.2, 0.25) is 0 Å². The van der Waals surface area contributed by atoms with Gasteiger partial charge in [0.25, 0.3) is 0 Å². The van der Waals surface area contributed by atoms with Crippen LogP contribution in [0.1, 0.15) is 23.5 Å². The number of rotatable bonds is 4. The van der Waals surface area contributed by atoms with Crippen LogP contribution in [0.5, 0.6) is 34.5 Å². The van der Waals surface area contributed by atoms with E-state index >= 15 is 0 Å². The summed E-state index contributed by atoms with van der Waals surface area (Å²) in [6, 6.07) is 7.28. The molecule has 0 N–H and O–H groups in total. The fourth-order valence-corrected chi connectivity index (χ4v) is 3.42. The molecular weight excluding hydrogens is 340 g/mol. The normalized spacial score (nSPS) is 17.3. The molecule has 0 aromatic heterocycles. The number of benzene rings is 2. The van der Waals surface area contributed by atoms with E-state index in [9.17, 15) is 4.79 Å². The standard InChI is InChI=1S/C19H18O7/c1-21-15-8-14-17(19(23-3)18(15)22-2)11(7-16(20)26-14)10-4-5-12-13(6-10)25-9-24-12/h4-6,8,11H,7,9H2,1-3H3/t11-/m1/s1. The summed E-state index contributed by atoms with van der Waals surface area (Å²) in [7, 11) is 4.60. The van der Waals surface area contributed by atoms with Gasteiger partial charge in [-0.2, -0.15) is 0 Å². The van der Waals surface area contributed by atoms with Gasteiger partial charge in [-0.25, -0.2) is 0 Å². The van der Waals surface area contributed by atoms with Crippen LogP contribution in [0.4, 0.5) is 0 Å². The molecule has 0 spiro atoms. The van der Waals surface area contributed by atoms with Gasteiger partial charge in [0.15, 0.2) is 23.0 Å². The van der Waals surface area contributed by atoms with Crippen molar-refractivity contribution in [3.63, 3.8) is 0 Å². The van der Waals surface area contributed by atoms with E-state index in [1.807, 2.05) is 18.2 Å². The van der Waals surface area contributed by atoms with Gasteiger partial charge < -0.3 is 28.4 Å². The first-order chi connectivity index (χ1) is 12.7. The molecule has 26 heavy (non-hydrogen) atoms. The zero-order valence-corrected chi connectivity index (χ0v) is 14.7. The second kappa shape index (κ2) is 6.33. The lowest BCUT2D eigenvalue weighted by atomic mass is 9.85. The third-order valence-electron chi connectivity index (χ3n) is 4.57. The summed E-state index contributed by atoms with van der Waals surface area (Å²) in [4.78, 5) is 12.2. The summed E-state index contributed by atoms with van der Waals surface area (Å²) in [6.45, 7) is 0.191. The van der Waals surface area contributed by atoms with Gasteiger partial charge in [-0.3, -0.25) is 4.79 Å². The molecule has 1 atom stereocenters. The fraction of sp³-hybridized carbons (Fsp3) is 0.316. The van der Waals surface area contributed by atoms with Crippen LogP contribution in [0.25, 0.3) is 0 Å². The SMILES string of the molecule is COc1cc2c(c(OC)c1OC)[C@@H](c1ccc3c(c1)OCO3)CC(=O)O2. The Balaban J connectivity index is 1.90. The summed E-state index contributed by atoms with van der Waals surface area (Å²) >= 11 is 0. The molecule has 0 saturated carbocycles. The average molecular weight is 358 g/mol. The van der Waals surface area contributed by atoms with E-state index in [4.69, 9.17) is 28.4 Å². The lowest BCUT2D eigenvalue weighted by Crippen LogP contribution is -2.22. The Kier molecular flexibility index (Phi) is 3.99. The van der Waals surface area contributed by atoms with Crippen LogP contribution < -0.4 is 28.4 Å². The van der Waals surface area contributed by atoms with Crippen molar-refractivity contribution in [3.05, 3.63) is 35.4 Å². The summed E-state index contributed by atoms with van der Waals surface area (Å²) in [5.74, 6) is 2.52. The van der Waals surface area contributed by atoms with Gasteiger partial charge in [0.1, 0.15) is 5.75 Å². The van der Waals surface area contributed by atoms with Gasteiger partial charge in [0, 0.05) is 17.5 Å². The quantitative estimate of drug-likeness (QED) is 0.615. The highest BCUT2D eigenvalue weighted by Crippen LogP contribution is 2.52. The molecule has 0 amide bonds. The van der Waals surface area contributed by atoms with Crippen molar-refractivity contribution in [2.75, 3.05) is 28.1 Å². The lowest BCUT2D eigenvalue weighted by Gasteiger charge is -2.28. The van der Waals surface area contributed by atoms with Crippen molar-refractivity contribution in [3.8, 4) is 34.5 Å². The van der Waals surface area contributed by atoms with Crippen LogP contribution >= 0.6 is 0 Å². The second-order valence-corrected chi connectivity index (χ2v) is 5.90. The molecule has 7 heteroatoms. The topological polar surface area (TPSA) is 72.5 Å². The molecular formula is C19H18O7. The van der Waals surface area contributed by atoms with E-state index in [1.165, 1.54) is 14.2 Å². The smallest absolute Gasteiger partial charge is 0.312 e. The largest absolute Gasteiger partial charge is 0.493 e. The third-order valence-corrected chi connectivity index (χ3v) is 4.57. The Morgan fingerprint density at radius 2 is 1.69 bits per heavy atom. The fourth-order valence-electron chi connectivity index (χ4n) is 3.42. The Morgan fingerprint density at radius 1 is 0.923 bits per heavy atom. The van der Waals surface area contributed by atoms with Gasteiger partial charge in [-0.15, -0.1) is 0 Å². The van der Waals surface area contributed by atoms with Crippen LogP contribution in [-0.4, -0.2) is 34.1 Å². The van der Waals surface area contributed by atoms with E-state index in [1.54, 1.807) is 13.2 Å². The molecule has 2 aliphatic rings. The number of esters is 1. The van der Waals surface area contributed by atoms with Gasteiger partial charge in [-0.1, -0.05) is 6.07 Å². The molecule has 0 saturated heterocycles. The number of carbonyl (C=O) groups excluding carboxylic acids is 1. The van der Waals surface area contributed by atoms with Crippen molar-refractivity contribution in [1.82, 2.24) is 0 Å². The number of hydrogen-bond donors (Lipinski definition) is 0. The highest BCUT2D eigenvalue weighted by atomic mass is 16.7. The third kappa shape index (κ3) is 2.47. The van der Waals surface area contributed by atoms with Crippen molar-refractivity contribution < 1.29 is 33.2 Å². The predicted octanol–water partition coefficient (Wildman–Crippen LogP) is 2.88. The zero-order chi connectivity index (χ0) is 18.3. The molecule has 0 aliphatic carbocycles. The van der Waals surface area contributed by atoms with E-state index in [0.717, 1.165) is 11.1 Å². The average Bonchev–Trinajstić information content (AvgIpc) is 3.13. The van der Waals surface area contributed by atoms with Gasteiger partial charge in [0.05, 0.1) is 27.8 Å². The Hall–Kier alpha value is -3.09. The van der Waals surface area contributed by atoms with Crippen molar-refractivity contribution in [2.24, 2.45) is 0 Å². The summed E-state index contributed by atoms with van der Waals surface area (Å²) in [6.07, 6.45) is 0.179. The molecule has 136 valence electrons. The first kappa shape index (κ1) is 16.4. The molecule has 2 aromatic carbocycles. The Bertz CT molecular complexity index is 875. The molecule has 2 aromatic rings. The second-order valence-electron chi connectivity index (χ2n) is 5.90. The minimum absolute atomic E-state index is 0.179. The first-order valence-corrected chi connectivity index (χ1v) is 8.09. The van der Waals surface area contributed by atoms with Crippen LogP contribution in [-0.2, 0) is 4.79 Å². The molecule has 0 unspecified atom stereocenters. The van der Waals surface area contributed by atoms with Gasteiger partial charge in [-0.05, 0) is 17.7 Å². The number of hydrogen-bond acceptors (Lipinski definition) is 7. The molecule has 0 radical (unpaired) electrons. The highest BCUT2D eigenvalue weighted by molar-refractivity contribution is 5.80. The summed E-state index contributed by atoms with van der Waals surface area (Å²) in [5, 5.41) is 0. The zero-order valence-electron chi connectivity index (χ0n) is 14.7. The Labute approximate surface area is 150 Å². The Morgan fingerprint density at radius 3 is 2.42 bits per heavy atom. The molecule has 0 fully saturated rings. The number of carbonyl (C=O) groups is 1. The van der Waals surface area contributed by atoms with E-state index < -0.39 is 0 Å². The maximum absolute atomic E-state index is 12.2. The summed E-state index contributed by atoms with van der Waals surface area (Å²) in [5.41, 5.74) is 1.64. The highest BCUT2D eigenvalue weighted by Gasteiger charge is 2.35. The van der Waals surface area contributed by atoms with Crippen LogP contribution in [0.15, 0.2) is 24.3 Å². The van der Waals surface area contributed by atoms with Crippen LogP contribution in [0, 0.1) is 0 Å². The first-order valence-electron chi connectivity index (χ1n) is 8.09. The molecule has 0 bridgehead atoms. The van der Waals surface area contributed by atoms with E-state index in [0.29, 0.717) is 34.5 Å². The lowest BCUT2D eigenvalue weighted by molar-refractivity contribution is -0.135. The van der Waals surface area contributed by atoms with Crippen LogP contribution in [0.3, 0.4) is 0 Å². The summed E-state index contributed by atoms with van der Waals surface area (Å²) < 4.78 is 32.7. The van der Waals surface area contributed by atoms with Gasteiger partial charge in [0.2, 0.25) is 12.5 Å². The molecule has 4 rings (SSSR count). The molecule has 7 nitrogen and oxygen atoms in total. The molecule has 2 heterocycles. The maximum atomic E-state index is 12.2. The minimum atomic E-state index is -0.325. The van der Waals surface area contributed by atoms with Crippen molar-refractivity contribution in [1.29, 1.82) is 0 Å². The predicted molar refractivity (Wildman–Crippen MR) is 90.8 cm³/mol. The molecule has 2 aliphatic heterocycles. The number of methoxy groups -OCH3 is 3. The number of ether oxygens (including phenoxy) is 6.